The van der Waals surface area contributed by atoms with Gasteiger partial charge in [-0.1, -0.05) is 11.6 Å². The van der Waals surface area contributed by atoms with Gasteiger partial charge in [-0.3, -0.25) is 4.79 Å². The summed E-state index contributed by atoms with van der Waals surface area (Å²) >= 11 is 6.14. The molecule has 2 aromatic rings. The van der Waals surface area contributed by atoms with Crippen LogP contribution in [-0.4, -0.2) is 76.2 Å². The van der Waals surface area contributed by atoms with Crippen LogP contribution in [-0.2, 0) is 6.42 Å². The SMILES string of the molecule is O=C(NC1CCC(O)CC1)c1ccc(O)cc1OC[C@@H](O)CN1CCC2(CC1)Cc1cc(Cl)ccc1O2. The Bertz CT molecular complexity index is 1110. The minimum absolute atomic E-state index is 0.000774. The molecule has 2 aliphatic heterocycles. The molecule has 1 atom stereocenters. The standard InChI is InChI=1S/C28H35ClN2O6/c29-19-1-8-25-18(13-19)15-28(37-25)9-11-31(12-10-28)16-23(34)17-36-26-14-22(33)6-7-24(26)27(35)30-20-2-4-21(32)5-3-20/h1,6-8,13-14,20-21,23,32-34H,2-5,9-12,15-17H2,(H,30,35)/t20?,21?,23-/m0/s1. The van der Waals surface area contributed by atoms with Crippen LogP contribution in [0.3, 0.4) is 0 Å². The van der Waals surface area contributed by atoms with E-state index in [2.05, 4.69) is 10.2 Å². The van der Waals surface area contributed by atoms with E-state index >= 15 is 0 Å². The summed E-state index contributed by atoms with van der Waals surface area (Å²) < 4.78 is 12.1. The minimum Gasteiger partial charge on any atom is -0.508 e. The first-order valence-corrected chi connectivity index (χ1v) is 13.5. The number of benzene rings is 2. The molecule has 0 bridgehead atoms. The first-order valence-electron chi connectivity index (χ1n) is 13.1. The summed E-state index contributed by atoms with van der Waals surface area (Å²) in [6.45, 7) is 2.05. The van der Waals surface area contributed by atoms with Crippen molar-refractivity contribution in [1.29, 1.82) is 0 Å². The summed E-state index contributed by atoms with van der Waals surface area (Å²) in [4.78, 5) is 15.1. The van der Waals surface area contributed by atoms with Crippen molar-refractivity contribution in [3.8, 4) is 17.2 Å². The van der Waals surface area contributed by atoms with Gasteiger partial charge in [0.2, 0.25) is 0 Å². The van der Waals surface area contributed by atoms with Crippen molar-refractivity contribution < 1.29 is 29.6 Å². The minimum atomic E-state index is -0.757. The van der Waals surface area contributed by atoms with Crippen molar-refractivity contribution in [3.63, 3.8) is 0 Å². The number of likely N-dealkylation sites (tertiary alicyclic amines) is 1. The number of amides is 1. The quantitative estimate of drug-likeness (QED) is 0.434. The Hall–Kier alpha value is -2.52. The number of carbonyl (C=O) groups is 1. The molecule has 9 heteroatoms. The maximum atomic E-state index is 12.9. The third-order valence-corrected chi connectivity index (χ3v) is 8.01. The number of hydrogen-bond donors (Lipinski definition) is 4. The van der Waals surface area contributed by atoms with Gasteiger partial charge >= 0.3 is 0 Å². The Labute approximate surface area is 222 Å². The van der Waals surface area contributed by atoms with E-state index in [9.17, 15) is 20.1 Å². The molecule has 1 spiro atoms. The lowest BCUT2D eigenvalue weighted by Gasteiger charge is -2.39. The number of phenols is 1. The van der Waals surface area contributed by atoms with Gasteiger partial charge in [-0.25, -0.2) is 0 Å². The van der Waals surface area contributed by atoms with Crippen LogP contribution in [0.25, 0.3) is 0 Å². The maximum absolute atomic E-state index is 12.9. The van der Waals surface area contributed by atoms with Crippen LogP contribution < -0.4 is 14.8 Å². The zero-order chi connectivity index (χ0) is 26.0. The third kappa shape index (κ3) is 6.32. The predicted octanol–water partition coefficient (Wildman–Crippen LogP) is 3.29. The number of nitrogens with zero attached hydrogens (tertiary/aromatic N) is 1. The van der Waals surface area contributed by atoms with E-state index in [4.69, 9.17) is 21.1 Å². The first kappa shape index (κ1) is 26.1. The second-order valence-electron chi connectivity index (χ2n) is 10.6. The summed E-state index contributed by atoms with van der Waals surface area (Å²) in [6, 6.07) is 10.2. The Balaban J connectivity index is 1.11. The second-order valence-corrected chi connectivity index (χ2v) is 11.1. The number of aromatic hydroxyl groups is 1. The smallest absolute Gasteiger partial charge is 0.255 e. The molecule has 200 valence electrons. The molecule has 5 rings (SSSR count). The molecule has 3 aliphatic rings. The van der Waals surface area contributed by atoms with Crippen LogP contribution >= 0.6 is 11.6 Å². The number of rotatable bonds is 7. The van der Waals surface area contributed by atoms with Crippen LogP contribution in [0.15, 0.2) is 36.4 Å². The number of aliphatic hydroxyl groups is 2. The number of nitrogens with one attached hydrogen (secondary N) is 1. The molecule has 1 aliphatic carbocycles. The molecule has 0 unspecified atom stereocenters. The van der Waals surface area contributed by atoms with Crippen molar-refractivity contribution in [2.45, 2.75) is 68.8 Å². The lowest BCUT2D eigenvalue weighted by Crippen LogP contribution is -2.49. The van der Waals surface area contributed by atoms with Crippen LogP contribution in [0.2, 0.25) is 5.02 Å². The van der Waals surface area contributed by atoms with Crippen molar-refractivity contribution in [3.05, 3.63) is 52.5 Å². The molecular weight excluding hydrogens is 496 g/mol. The van der Waals surface area contributed by atoms with Gasteiger partial charge in [0.25, 0.3) is 5.91 Å². The van der Waals surface area contributed by atoms with Gasteiger partial charge in [0, 0.05) is 56.0 Å². The van der Waals surface area contributed by atoms with Gasteiger partial charge < -0.3 is 35.0 Å². The molecule has 2 fully saturated rings. The van der Waals surface area contributed by atoms with E-state index in [1.165, 1.54) is 18.2 Å². The highest BCUT2D eigenvalue weighted by Gasteiger charge is 2.42. The van der Waals surface area contributed by atoms with E-state index in [0.717, 1.165) is 61.5 Å². The lowest BCUT2D eigenvalue weighted by molar-refractivity contribution is -0.00201. The van der Waals surface area contributed by atoms with E-state index in [0.29, 0.717) is 24.9 Å². The maximum Gasteiger partial charge on any atom is 0.255 e. The van der Waals surface area contributed by atoms with E-state index in [1.807, 2.05) is 18.2 Å². The van der Waals surface area contributed by atoms with Crippen LogP contribution in [0, 0.1) is 0 Å². The number of carbonyl (C=O) groups excluding carboxylic acids is 1. The molecule has 1 saturated heterocycles. The number of fused-ring (bicyclic) bond motifs is 1. The highest BCUT2D eigenvalue weighted by atomic mass is 35.5. The topological polar surface area (TPSA) is 111 Å². The molecule has 1 saturated carbocycles. The predicted molar refractivity (Wildman–Crippen MR) is 140 cm³/mol. The fraction of sp³-hybridized carbons (Fsp3) is 0.536. The first-order chi connectivity index (χ1) is 17.8. The van der Waals surface area contributed by atoms with Crippen molar-refractivity contribution in [2.24, 2.45) is 0 Å². The zero-order valence-electron chi connectivity index (χ0n) is 20.9. The molecule has 0 radical (unpaired) electrons. The summed E-state index contributed by atoms with van der Waals surface area (Å²) in [5.41, 5.74) is 1.26. The van der Waals surface area contributed by atoms with E-state index in [1.54, 1.807) is 0 Å². The molecule has 2 heterocycles. The second kappa shape index (κ2) is 11.1. The molecule has 37 heavy (non-hydrogen) atoms. The van der Waals surface area contributed by atoms with Crippen LogP contribution in [0.1, 0.15) is 54.4 Å². The van der Waals surface area contributed by atoms with E-state index < -0.39 is 6.10 Å². The van der Waals surface area contributed by atoms with Gasteiger partial charge in [0.15, 0.2) is 0 Å². The van der Waals surface area contributed by atoms with Crippen LogP contribution in [0.5, 0.6) is 17.2 Å². The number of β-amino-alcohol motifs (C(OH)–C–C–N with tert-alkyl or cyclic N) is 1. The summed E-state index contributed by atoms with van der Waals surface area (Å²) in [6.07, 6.45) is 4.31. The Morgan fingerprint density at radius 3 is 2.68 bits per heavy atom. The van der Waals surface area contributed by atoms with Gasteiger partial charge in [-0.2, -0.15) is 0 Å². The lowest BCUT2D eigenvalue weighted by atomic mass is 9.87. The summed E-state index contributed by atoms with van der Waals surface area (Å²) in [7, 11) is 0. The molecular formula is C28H35ClN2O6. The Kier molecular flexibility index (Phi) is 7.81. The highest BCUT2D eigenvalue weighted by Crippen LogP contribution is 2.42. The average molecular weight is 531 g/mol. The Morgan fingerprint density at radius 1 is 1.16 bits per heavy atom. The number of ether oxygens (including phenoxy) is 2. The van der Waals surface area contributed by atoms with Crippen molar-refractivity contribution in [1.82, 2.24) is 10.2 Å². The van der Waals surface area contributed by atoms with E-state index in [-0.39, 0.29) is 41.8 Å². The molecule has 0 aromatic heterocycles. The number of halogens is 1. The molecule has 1 amide bonds. The van der Waals surface area contributed by atoms with Gasteiger partial charge in [0.05, 0.1) is 11.7 Å². The summed E-state index contributed by atoms with van der Waals surface area (Å²) in [5.74, 6) is 0.854. The van der Waals surface area contributed by atoms with Gasteiger partial charge in [-0.15, -0.1) is 0 Å². The summed E-state index contributed by atoms with van der Waals surface area (Å²) in [5, 5.41) is 34.0. The third-order valence-electron chi connectivity index (χ3n) is 7.77. The molecule has 2 aromatic carbocycles. The number of piperidine rings is 1. The monoisotopic (exact) mass is 530 g/mol. The number of aliphatic hydroxyl groups excluding tert-OH is 2. The Morgan fingerprint density at radius 2 is 1.92 bits per heavy atom. The van der Waals surface area contributed by atoms with Crippen molar-refractivity contribution in [2.75, 3.05) is 26.2 Å². The number of phenolic OH excluding ortho intramolecular Hbond substituents is 1. The fourth-order valence-corrected chi connectivity index (χ4v) is 5.86. The molecule has 4 N–H and O–H groups in total. The fourth-order valence-electron chi connectivity index (χ4n) is 5.66. The highest BCUT2D eigenvalue weighted by molar-refractivity contribution is 6.30. The van der Waals surface area contributed by atoms with Crippen molar-refractivity contribution >= 4 is 17.5 Å². The normalized spacial score (nSPS) is 23.8. The average Bonchev–Trinajstić information content (AvgIpc) is 3.22. The van der Waals surface area contributed by atoms with Gasteiger partial charge in [0.1, 0.15) is 35.6 Å². The molecule has 8 nitrogen and oxygen atoms in total. The largest absolute Gasteiger partial charge is 0.508 e. The van der Waals surface area contributed by atoms with Gasteiger partial charge in [-0.05, 0) is 61.6 Å². The number of hydrogen-bond acceptors (Lipinski definition) is 7. The van der Waals surface area contributed by atoms with Crippen LogP contribution in [0.4, 0.5) is 0 Å². The zero-order valence-corrected chi connectivity index (χ0v) is 21.6.